The second-order valence-corrected chi connectivity index (χ2v) is 7.22. The lowest BCUT2D eigenvalue weighted by Gasteiger charge is -2.11. The molecule has 0 atom stereocenters. The Bertz CT molecular complexity index is 847. The van der Waals surface area contributed by atoms with Crippen molar-refractivity contribution in [2.45, 2.75) is 16.7 Å². The van der Waals surface area contributed by atoms with Crippen LogP contribution in [0.1, 0.15) is 5.56 Å². The highest BCUT2D eigenvalue weighted by Gasteiger charge is 2.12. The van der Waals surface area contributed by atoms with Crippen LogP contribution < -0.4 is 14.8 Å². The van der Waals surface area contributed by atoms with Crippen LogP contribution in [0.2, 0.25) is 0 Å². The number of nitrogens with one attached hydrogen (secondary N) is 1. The van der Waals surface area contributed by atoms with Crippen LogP contribution in [-0.2, 0) is 5.75 Å². The van der Waals surface area contributed by atoms with E-state index in [4.69, 9.17) is 4.74 Å². The topological polar surface area (TPSA) is 56.3 Å². The summed E-state index contributed by atoms with van der Waals surface area (Å²) in [5.41, 5.74) is 1.85. The van der Waals surface area contributed by atoms with Gasteiger partial charge in [0.2, 0.25) is 5.13 Å². The van der Waals surface area contributed by atoms with Crippen molar-refractivity contribution in [2.24, 2.45) is 0 Å². The number of rotatable bonds is 8. The Morgan fingerprint density at radius 3 is 2.65 bits per heavy atom. The fourth-order valence-corrected chi connectivity index (χ4v) is 3.82. The zero-order chi connectivity index (χ0) is 18.4. The zero-order valence-electron chi connectivity index (χ0n) is 13.7. The van der Waals surface area contributed by atoms with Crippen molar-refractivity contribution in [1.29, 1.82) is 0 Å². The highest BCUT2D eigenvalue weighted by Crippen LogP contribution is 2.33. The molecule has 0 amide bonds. The summed E-state index contributed by atoms with van der Waals surface area (Å²) in [6, 6.07) is 14.6. The van der Waals surface area contributed by atoms with Crippen molar-refractivity contribution in [3.8, 4) is 11.5 Å². The van der Waals surface area contributed by atoms with E-state index in [1.165, 1.54) is 36.3 Å². The van der Waals surface area contributed by atoms with Crippen molar-refractivity contribution < 1.29 is 18.3 Å². The van der Waals surface area contributed by atoms with Gasteiger partial charge in [-0.15, -0.1) is 10.2 Å². The monoisotopic (exact) mass is 395 g/mol. The third-order valence-electron chi connectivity index (χ3n) is 3.24. The SMILES string of the molecule is COc1cc(CSc2nnc(Nc3ccccc3)s2)ccc1OC(F)F. The Morgan fingerprint density at radius 1 is 1.12 bits per heavy atom. The van der Waals surface area contributed by atoms with Gasteiger partial charge in [0, 0.05) is 11.4 Å². The van der Waals surface area contributed by atoms with E-state index in [0.29, 0.717) is 10.9 Å². The molecular weight excluding hydrogens is 380 g/mol. The van der Waals surface area contributed by atoms with E-state index in [1.807, 2.05) is 30.3 Å². The number of anilines is 2. The second kappa shape index (κ2) is 8.81. The second-order valence-electron chi connectivity index (χ2n) is 5.02. The van der Waals surface area contributed by atoms with Crippen LogP contribution in [0.15, 0.2) is 52.9 Å². The molecule has 0 aliphatic rings. The van der Waals surface area contributed by atoms with E-state index < -0.39 is 6.61 Å². The lowest BCUT2D eigenvalue weighted by Crippen LogP contribution is -2.03. The van der Waals surface area contributed by atoms with Gasteiger partial charge in [-0.05, 0) is 29.8 Å². The van der Waals surface area contributed by atoms with Crippen LogP contribution in [0.4, 0.5) is 19.6 Å². The molecule has 26 heavy (non-hydrogen) atoms. The first-order valence-electron chi connectivity index (χ1n) is 7.54. The smallest absolute Gasteiger partial charge is 0.387 e. The predicted octanol–water partition coefficient (Wildman–Crippen LogP) is 5.18. The molecule has 3 aromatic rings. The summed E-state index contributed by atoms with van der Waals surface area (Å²) >= 11 is 2.95. The fraction of sp³-hybridized carbons (Fsp3) is 0.176. The van der Waals surface area contributed by atoms with E-state index in [0.717, 1.165) is 15.6 Å². The summed E-state index contributed by atoms with van der Waals surface area (Å²) < 4.78 is 35.1. The molecule has 136 valence electrons. The molecule has 0 radical (unpaired) electrons. The largest absolute Gasteiger partial charge is 0.493 e. The number of methoxy groups -OCH3 is 1. The van der Waals surface area contributed by atoms with Crippen molar-refractivity contribution in [2.75, 3.05) is 12.4 Å². The van der Waals surface area contributed by atoms with Gasteiger partial charge in [-0.2, -0.15) is 8.78 Å². The highest BCUT2D eigenvalue weighted by atomic mass is 32.2. The molecule has 0 fully saturated rings. The van der Waals surface area contributed by atoms with E-state index in [1.54, 1.807) is 12.1 Å². The molecule has 5 nitrogen and oxygen atoms in total. The average molecular weight is 395 g/mol. The fourth-order valence-electron chi connectivity index (χ4n) is 2.10. The van der Waals surface area contributed by atoms with Crippen LogP contribution in [-0.4, -0.2) is 23.9 Å². The molecule has 1 N–H and O–H groups in total. The molecule has 0 aliphatic carbocycles. The standard InChI is InChI=1S/C17H15F2N3O2S2/c1-23-14-9-11(7-8-13(14)24-15(18)19)10-25-17-22-21-16(26-17)20-12-5-3-2-4-6-12/h2-9,15H,10H2,1H3,(H,20,21). The molecule has 9 heteroatoms. The quantitative estimate of drug-likeness (QED) is 0.530. The van der Waals surface area contributed by atoms with Gasteiger partial charge in [-0.1, -0.05) is 47.4 Å². The lowest BCUT2D eigenvalue weighted by atomic mass is 10.2. The number of alkyl halides is 2. The number of halogens is 2. The molecule has 2 aromatic carbocycles. The van der Waals surface area contributed by atoms with Crippen molar-refractivity contribution >= 4 is 33.9 Å². The average Bonchev–Trinajstić information content (AvgIpc) is 3.08. The van der Waals surface area contributed by atoms with Gasteiger partial charge in [0.15, 0.2) is 15.8 Å². The maximum atomic E-state index is 12.4. The Morgan fingerprint density at radius 2 is 1.92 bits per heavy atom. The maximum Gasteiger partial charge on any atom is 0.387 e. The van der Waals surface area contributed by atoms with E-state index >= 15 is 0 Å². The Kier molecular flexibility index (Phi) is 6.24. The summed E-state index contributed by atoms with van der Waals surface area (Å²) in [4.78, 5) is 0. The van der Waals surface area contributed by atoms with E-state index in [2.05, 4.69) is 20.3 Å². The minimum atomic E-state index is -2.89. The van der Waals surface area contributed by atoms with Gasteiger partial charge in [0.25, 0.3) is 0 Å². The summed E-state index contributed by atoms with van der Waals surface area (Å²) in [5.74, 6) is 0.888. The molecule has 0 saturated heterocycles. The summed E-state index contributed by atoms with van der Waals surface area (Å²) in [7, 11) is 1.41. The normalized spacial score (nSPS) is 10.8. The van der Waals surface area contributed by atoms with Crippen LogP contribution in [0, 0.1) is 0 Å². The molecule has 0 saturated carbocycles. The minimum Gasteiger partial charge on any atom is -0.493 e. The van der Waals surface area contributed by atoms with Crippen molar-refractivity contribution in [3.63, 3.8) is 0 Å². The van der Waals surface area contributed by atoms with Crippen molar-refractivity contribution in [1.82, 2.24) is 10.2 Å². The van der Waals surface area contributed by atoms with Crippen LogP contribution >= 0.6 is 23.1 Å². The molecule has 1 aromatic heterocycles. The van der Waals surface area contributed by atoms with Crippen molar-refractivity contribution in [3.05, 3.63) is 54.1 Å². The number of ether oxygens (including phenoxy) is 2. The van der Waals surface area contributed by atoms with Gasteiger partial charge < -0.3 is 14.8 Å². The number of aromatic nitrogens is 2. The third kappa shape index (κ3) is 5.06. The molecular formula is C17H15F2N3O2S2. The number of para-hydroxylation sites is 1. The van der Waals surface area contributed by atoms with Crippen LogP contribution in [0.25, 0.3) is 0 Å². The third-order valence-corrected chi connectivity index (χ3v) is 5.28. The van der Waals surface area contributed by atoms with Gasteiger partial charge in [-0.25, -0.2) is 0 Å². The Labute approximate surface area is 157 Å². The highest BCUT2D eigenvalue weighted by molar-refractivity contribution is 8.00. The minimum absolute atomic E-state index is 0.0153. The first-order valence-corrected chi connectivity index (χ1v) is 9.34. The number of benzene rings is 2. The van der Waals surface area contributed by atoms with Gasteiger partial charge in [0.1, 0.15) is 0 Å². The molecule has 3 rings (SSSR count). The van der Waals surface area contributed by atoms with E-state index in [-0.39, 0.29) is 11.5 Å². The molecule has 0 spiro atoms. The van der Waals surface area contributed by atoms with Gasteiger partial charge in [-0.3, -0.25) is 0 Å². The molecule has 0 aliphatic heterocycles. The molecule has 1 heterocycles. The first-order chi connectivity index (χ1) is 12.6. The first kappa shape index (κ1) is 18.4. The Hall–Kier alpha value is -2.39. The summed E-state index contributed by atoms with van der Waals surface area (Å²) in [6.45, 7) is -2.89. The number of hydrogen-bond acceptors (Lipinski definition) is 7. The number of nitrogens with zero attached hydrogens (tertiary/aromatic N) is 2. The predicted molar refractivity (Wildman–Crippen MR) is 98.8 cm³/mol. The molecule has 0 bridgehead atoms. The Balaban J connectivity index is 1.60. The maximum absolute atomic E-state index is 12.4. The summed E-state index contributed by atoms with van der Waals surface area (Å²) in [5, 5.41) is 12.1. The van der Waals surface area contributed by atoms with Crippen LogP contribution in [0.5, 0.6) is 11.5 Å². The number of hydrogen-bond donors (Lipinski definition) is 1. The number of thioether (sulfide) groups is 1. The van der Waals surface area contributed by atoms with Gasteiger partial charge >= 0.3 is 6.61 Å². The van der Waals surface area contributed by atoms with Crippen LogP contribution in [0.3, 0.4) is 0 Å². The van der Waals surface area contributed by atoms with Gasteiger partial charge in [0.05, 0.1) is 7.11 Å². The molecule has 0 unspecified atom stereocenters. The lowest BCUT2D eigenvalue weighted by molar-refractivity contribution is -0.0512. The summed E-state index contributed by atoms with van der Waals surface area (Å²) in [6.07, 6.45) is 0. The zero-order valence-corrected chi connectivity index (χ0v) is 15.3. The van der Waals surface area contributed by atoms with E-state index in [9.17, 15) is 8.78 Å².